The summed E-state index contributed by atoms with van der Waals surface area (Å²) in [6.07, 6.45) is 0.326. The number of nitrogens with zero attached hydrogens (tertiary/aromatic N) is 2. The first kappa shape index (κ1) is 20.4. The number of carbonyl (C=O) groups is 1. The fourth-order valence-electron chi connectivity index (χ4n) is 2.56. The molecule has 27 heavy (non-hydrogen) atoms. The van der Waals surface area contributed by atoms with Crippen LogP contribution in [0.1, 0.15) is 24.5 Å². The number of amides is 1. The number of carbonyl (C=O) groups excluding carboxylic acids is 1. The van der Waals surface area contributed by atoms with Crippen LogP contribution in [0.4, 0.5) is 4.39 Å². The molecular weight excluding hydrogens is 343 g/mol. The zero-order valence-corrected chi connectivity index (χ0v) is 15.9. The maximum Gasteiger partial charge on any atom is 0.222 e. The zero-order chi connectivity index (χ0) is 19.5. The molecule has 0 saturated heterocycles. The van der Waals surface area contributed by atoms with Crippen molar-refractivity contribution in [3.8, 4) is 0 Å². The Hall–Kier alpha value is -2.89. The van der Waals surface area contributed by atoms with Gasteiger partial charge in [-0.2, -0.15) is 0 Å². The summed E-state index contributed by atoms with van der Waals surface area (Å²) in [5.41, 5.74) is 2.06. The molecule has 0 radical (unpaired) electrons. The second-order valence-electron chi connectivity index (χ2n) is 6.23. The van der Waals surface area contributed by atoms with E-state index in [-0.39, 0.29) is 11.7 Å². The van der Waals surface area contributed by atoms with Crippen LogP contribution in [-0.2, 0) is 17.9 Å². The van der Waals surface area contributed by atoms with Crippen LogP contribution in [0, 0.1) is 5.82 Å². The van der Waals surface area contributed by atoms with Crippen LogP contribution in [0.3, 0.4) is 0 Å². The van der Waals surface area contributed by atoms with Crippen molar-refractivity contribution in [1.29, 1.82) is 0 Å². The molecule has 0 bridgehead atoms. The third-order valence-electron chi connectivity index (χ3n) is 3.96. The van der Waals surface area contributed by atoms with Crippen molar-refractivity contribution in [2.24, 2.45) is 4.99 Å². The molecule has 0 unspecified atom stereocenters. The molecule has 2 aromatic rings. The third kappa shape index (κ3) is 7.48. The summed E-state index contributed by atoms with van der Waals surface area (Å²) in [5.74, 6) is 0.445. The number of aliphatic imine (C=N–C) groups is 1. The van der Waals surface area contributed by atoms with Gasteiger partial charge in [0.25, 0.3) is 0 Å². The third-order valence-corrected chi connectivity index (χ3v) is 3.96. The Kier molecular flexibility index (Phi) is 8.29. The quantitative estimate of drug-likeness (QED) is 0.555. The van der Waals surface area contributed by atoms with Crippen molar-refractivity contribution < 1.29 is 9.18 Å². The lowest BCUT2D eigenvalue weighted by atomic mass is 10.2. The minimum Gasteiger partial charge on any atom is -0.357 e. The van der Waals surface area contributed by atoms with Crippen molar-refractivity contribution in [3.63, 3.8) is 0 Å². The molecule has 0 heterocycles. The second kappa shape index (κ2) is 11.0. The van der Waals surface area contributed by atoms with Crippen LogP contribution in [-0.4, -0.2) is 36.9 Å². The number of rotatable bonds is 8. The standard InChI is InChI=1S/C21H27FN4O/c1-3-23-21(26(2)16-18-9-11-19(22)12-10-18)24-14-13-20(27)25-15-17-7-5-4-6-8-17/h4-12H,3,13-16H2,1-2H3,(H,23,24)(H,25,27). The van der Waals surface area contributed by atoms with Crippen LogP contribution in [0.25, 0.3) is 0 Å². The first-order valence-corrected chi connectivity index (χ1v) is 9.13. The van der Waals surface area contributed by atoms with E-state index in [1.807, 2.05) is 49.2 Å². The lowest BCUT2D eigenvalue weighted by Gasteiger charge is -2.22. The zero-order valence-electron chi connectivity index (χ0n) is 15.9. The van der Waals surface area contributed by atoms with E-state index in [1.165, 1.54) is 12.1 Å². The van der Waals surface area contributed by atoms with E-state index in [0.29, 0.717) is 26.1 Å². The molecule has 2 rings (SSSR count). The summed E-state index contributed by atoms with van der Waals surface area (Å²) in [7, 11) is 1.92. The van der Waals surface area contributed by atoms with Crippen LogP contribution in [0.15, 0.2) is 59.6 Å². The Morgan fingerprint density at radius 1 is 1.04 bits per heavy atom. The molecule has 0 fully saturated rings. The molecule has 0 spiro atoms. The molecule has 0 aliphatic heterocycles. The van der Waals surface area contributed by atoms with Gasteiger partial charge in [-0.1, -0.05) is 42.5 Å². The minimum atomic E-state index is -0.247. The average molecular weight is 370 g/mol. The summed E-state index contributed by atoms with van der Waals surface area (Å²) < 4.78 is 13.0. The van der Waals surface area contributed by atoms with E-state index in [2.05, 4.69) is 15.6 Å². The summed E-state index contributed by atoms with van der Waals surface area (Å²) in [4.78, 5) is 18.5. The predicted octanol–water partition coefficient (Wildman–Crippen LogP) is 2.93. The highest BCUT2D eigenvalue weighted by Gasteiger charge is 2.07. The summed E-state index contributed by atoms with van der Waals surface area (Å²) in [6, 6.07) is 16.2. The van der Waals surface area contributed by atoms with Crippen LogP contribution >= 0.6 is 0 Å². The van der Waals surface area contributed by atoms with Gasteiger partial charge in [0.2, 0.25) is 5.91 Å². The molecule has 1 amide bonds. The molecular formula is C21H27FN4O. The monoisotopic (exact) mass is 370 g/mol. The van der Waals surface area contributed by atoms with Gasteiger partial charge in [-0.3, -0.25) is 9.79 Å². The van der Waals surface area contributed by atoms with Gasteiger partial charge in [0.15, 0.2) is 5.96 Å². The summed E-state index contributed by atoms with van der Waals surface area (Å²) in [6.45, 7) is 4.25. The van der Waals surface area contributed by atoms with Gasteiger partial charge in [-0.25, -0.2) is 4.39 Å². The Morgan fingerprint density at radius 2 is 1.74 bits per heavy atom. The number of hydrogen-bond acceptors (Lipinski definition) is 2. The van der Waals surface area contributed by atoms with Crippen molar-refractivity contribution in [3.05, 3.63) is 71.5 Å². The van der Waals surface area contributed by atoms with E-state index in [9.17, 15) is 9.18 Å². The largest absolute Gasteiger partial charge is 0.357 e. The van der Waals surface area contributed by atoms with Gasteiger partial charge in [0.05, 0.1) is 6.54 Å². The smallest absolute Gasteiger partial charge is 0.222 e. The molecule has 5 nitrogen and oxygen atoms in total. The predicted molar refractivity (Wildman–Crippen MR) is 107 cm³/mol. The first-order chi connectivity index (χ1) is 13.1. The minimum absolute atomic E-state index is 0.0281. The molecule has 2 N–H and O–H groups in total. The normalized spacial score (nSPS) is 11.1. The fraction of sp³-hybridized carbons (Fsp3) is 0.333. The van der Waals surface area contributed by atoms with E-state index >= 15 is 0 Å². The van der Waals surface area contributed by atoms with Gasteiger partial charge in [0, 0.05) is 33.1 Å². The summed E-state index contributed by atoms with van der Waals surface area (Å²) in [5, 5.41) is 6.12. The van der Waals surface area contributed by atoms with E-state index in [4.69, 9.17) is 0 Å². The van der Waals surface area contributed by atoms with Crippen LogP contribution in [0.5, 0.6) is 0 Å². The number of hydrogen-bond donors (Lipinski definition) is 2. The van der Waals surface area contributed by atoms with E-state index in [0.717, 1.165) is 23.6 Å². The van der Waals surface area contributed by atoms with Crippen molar-refractivity contribution >= 4 is 11.9 Å². The highest BCUT2D eigenvalue weighted by Crippen LogP contribution is 2.06. The molecule has 0 aromatic heterocycles. The Morgan fingerprint density at radius 3 is 2.41 bits per heavy atom. The Bertz CT molecular complexity index is 732. The van der Waals surface area contributed by atoms with Gasteiger partial charge in [-0.05, 0) is 30.2 Å². The second-order valence-corrected chi connectivity index (χ2v) is 6.23. The highest BCUT2D eigenvalue weighted by molar-refractivity contribution is 5.80. The fourth-order valence-corrected chi connectivity index (χ4v) is 2.56. The topological polar surface area (TPSA) is 56.7 Å². The molecule has 2 aromatic carbocycles. The average Bonchev–Trinajstić information content (AvgIpc) is 2.68. The number of halogens is 1. The van der Waals surface area contributed by atoms with E-state index < -0.39 is 0 Å². The maximum atomic E-state index is 13.0. The summed E-state index contributed by atoms with van der Waals surface area (Å²) >= 11 is 0. The highest BCUT2D eigenvalue weighted by atomic mass is 19.1. The van der Waals surface area contributed by atoms with Crippen molar-refractivity contribution in [1.82, 2.24) is 15.5 Å². The van der Waals surface area contributed by atoms with Crippen LogP contribution in [0.2, 0.25) is 0 Å². The lowest BCUT2D eigenvalue weighted by molar-refractivity contribution is -0.121. The Balaban J connectivity index is 1.82. The maximum absolute atomic E-state index is 13.0. The van der Waals surface area contributed by atoms with Crippen molar-refractivity contribution in [2.45, 2.75) is 26.4 Å². The number of nitrogens with one attached hydrogen (secondary N) is 2. The van der Waals surface area contributed by atoms with Gasteiger partial charge in [0.1, 0.15) is 5.82 Å². The first-order valence-electron chi connectivity index (χ1n) is 9.13. The Labute approximate surface area is 160 Å². The number of guanidine groups is 1. The molecule has 6 heteroatoms. The van der Waals surface area contributed by atoms with Gasteiger partial charge in [-0.15, -0.1) is 0 Å². The van der Waals surface area contributed by atoms with Crippen LogP contribution < -0.4 is 10.6 Å². The van der Waals surface area contributed by atoms with E-state index in [1.54, 1.807) is 12.1 Å². The molecule has 0 atom stereocenters. The number of benzene rings is 2. The SMILES string of the molecule is CCNC(=NCCC(=O)NCc1ccccc1)N(C)Cc1ccc(F)cc1. The lowest BCUT2D eigenvalue weighted by Crippen LogP contribution is -2.38. The molecule has 144 valence electrons. The van der Waals surface area contributed by atoms with Gasteiger partial charge >= 0.3 is 0 Å². The molecule has 0 aliphatic rings. The molecule has 0 aliphatic carbocycles. The van der Waals surface area contributed by atoms with Gasteiger partial charge < -0.3 is 15.5 Å². The van der Waals surface area contributed by atoms with Crippen molar-refractivity contribution in [2.75, 3.05) is 20.1 Å². The molecule has 0 saturated carbocycles.